The molecule has 1 aromatic carbocycles. The molecule has 0 aromatic heterocycles. The number of hydrogen-bond donors (Lipinski definition) is 1. The highest BCUT2D eigenvalue weighted by molar-refractivity contribution is 7.89. The first-order chi connectivity index (χ1) is 9.42. The van der Waals surface area contributed by atoms with E-state index in [1.807, 2.05) is 27.7 Å². The van der Waals surface area contributed by atoms with Crippen LogP contribution in [0.1, 0.15) is 38.8 Å². The molecule has 1 rings (SSSR count). The minimum absolute atomic E-state index is 0.0332. The summed E-state index contributed by atoms with van der Waals surface area (Å²) in [5, 5.41) is 0. The first kappa shape index (κ1) is 18.1. The molecule has 0 saturated heterocycles. The van der Waals surface area contributed by atoms with Gasteiger partial charge in [0, 0.05) is 25.2 Å². The van der Waals surface area contributed by atoms with Gasteiger partial charge in [-0.3, -0.25) is 0 Å². The van der Waals surface area contributed by atoms with Crippen LogP contribution in [0.4, 0.5) is 4.39 Å². The van der Waals surface area contributed by atoms with Crippen LogP contribution in [0.3, 0.4) is 0 Å². The van der Waals surface area contributed by atoms with Crippen molar-refractivity contribution in [2.24, 2.45) is 11.1 Å². The minimum Gasteiger partial charge on any atom is -0.326 e. The zero-order valence-electron chi connectivity index (χ0n) is 13.6. The van der Waals surface area contributed by atoms with Crippen LogP contribution in [-0.2, 0) is 16.6 Å². The third-order valence-electron chi connectivity index (χ3n) is 4.00. The van der Waals surface area contributed by atoms with E-state index in [-0.39, 0.29) is 34.0 Å². The van der Waals surface area contributed by atoms with Crippen molar-refractivity contribution in [1.29, 1.82) is 0 Å². The summed E-state index contributed by atoms with van der Waals surface area (Å²) in [6.07, 6.45) is 0. The lowest BCUT2D eigenvalue weighted by Gasteiger charge is -2.34. The molecule has 1 unspecified atom stereocenters. The van der Waals surface area contributed by atoms with Crippen molar-refractivity contribution in [2.75, 3.05) is 7.05 Å². The highest BCUT2D eigenvalue weighted by atomic mass is 32.2. The van der Waals surface area contributed by atoms with E-state index in [2.05, 4.69) is 0 Å². The Kier molecular flexibility index (Phi) is 5.18. The van der Waals surface area contributed by atoms with Gasteiger partial charge >= 0.3 is 0 Å². The number of benzene rings is 1. The Labute approximate surface area is 127 Å². The molecule has 0 radical (unpaired) electrons. The molecule has 120 valence electrons. The molecule has 0 aliphatic heterocycles. The van der Waals surface area contributed by atoms with E-state index < -0.39 is 15.8 Å². The molecule has 6 heteroatoms. The number of halogens is 1. The van der Waals surface area contributed by atoms with Gasteiger partial charge in [-0.05, 0) is 37.0 Å². The number of hydrogen-bond acceptors (Lipinski definition) is 3. The van der Waals surface area contributed by atoms with Crippen molar-refractivity contribution in [3.8, 4) is 0 Å². The maximum atomic E-state index is 13.8. The fourth-order valence-corrected chi connectivity index (χ4v) is 3.71. The molecular formula is C15H25FN2O2S. The summed E-state index contributed by atoms with van der Waals surface area (Å²) in [6, 6.07) is 2.48. The summed E-state index contributed by atoms with van der Waals surface area (Å²) in [5.41, 5.74) is 5.79. The van der Waals surface area contributed by atoms with E-state index >= 15 is 0 Å². The molecule has 0 aliphatic carbocycles. The van der Waals surface area contributed by atoms with Gasteiger partial charge in [-0.1, -0.05) is 20.8 Å². The van der Waals surface area contributed by atoms with Crippen LogP contribution in [0.2, 0.25) is 0 Å². The second-order valence-electron chi connectivity index (χ2n) is 6.48. The van der Waals surface area contributed by atoms with Crippen LogP contribution in [-0.4, -0.2) is 25.8 Å². The Balaban J connectivity index is 3.35. The van der Waals surface area contributed by atoms with Crippen molar-refractivity contribution >= 4 is 10.0 Å². The average molecular weight is 316 g/mol. The van der Waals surface area contributed by atoms with Crippen LogP contribution in [0.25, 0.3) is 0 Å². The number of sulfonamides is 1. The minimum atomic E-state index is -3.68. The summed E-state index contributed by atoms with van der Waals surface area (Å²) in [4.78, 5) is 0.0838. The monoisotopic (exact) mass is 316 g/mol. The lowest BCUT2D eigenvalue weighted by Crippen LogP contribution is -2.42. The van der Waals surface area contributed by atoms with Gasteiger partial charge in [0.2, 0.25) is 10.0 Å². The van der Waals surface area contributed by atoms with Crippen molar-refractivity contribution in [3.05, 3.63) is 29.1 Å². The smallest absolute Gasteiger partial charge is 0.243 e. The van der Waals surface area contributed by atoms with Crippen LogP contribution >= 0.6 is 0 Å². The highest BCUT2D eigenvalue weighted by Gasteiger charge is 2.33. The molecule has 21 heavy (non-hydrogen) atoms. The van der Waals surface area contributed by atoms with Gasteiger partial charge in [0.05, 0.1) is 4.90 Å². The van der Waals surface area contributed by atoms with Crippen molar-refractivity contribution in [1.82, 2.24) is 4.31 Å². The predicted octanol–water partition coefficient (Wildman–Crippen LogP) is 2.65. The maximum Gasteiger partial charge on any atom is 0.243 e. The topological polar surface area (TPSA) is 63.4 Å². The van der Waals surface area contributed by atoms with E-state index in [1.54, 1.807) is 14.0 Å². The Morgan fingerprint density at radius 2 is 1.86 bits per heavy atom. The summed E-state index contributed by atoms with van der Waals surface area (Å²) in [6.45, 7) is 9.30. The molecule has 0 aliphatic rings. The van der Waals surface area contributed by atoms with Crippen molar-refractivity contribution in [3.63, 3.8) is 0 Å². The molecular weight excluding hydrogens is 291 g/mol. The Morgan fingerprint density at radius 3 is 2.29 bits per heavy atom. The fourth-order valence-electron chi connectivity index (χ4n) is 2.02. The van der Waals surface area contributed by atoms with E-state index in [9.17, 15) is 12.8 Å². The zero-order valence-corrected chi connectivity index (χ0v) is 14.4. The second-order valence-corrected chi connectivity index (χ2v) is 8.48. The predicted molar refractivity (Wildman–Crippen MR) is 82.9 cm³/mol. The molecule has 0 saturated carbocycles. The van der Waals surface area contributed by atoms with Crippen LogP contribution in [0.5, 0.6) is 0 Å². The van der Waals surface area contributed by atoms with Gasteiger partial charge in [-0.25, -0.2) is 12.8 Å². The van der Waals surface area contributed by atoms with E-state index in [4.69, 9.17) is 5.73 Å². The lowest BCUT2D eigenvalue weighted by molar-refractivity contribution is 0.216. The number of rotatable bonds is 4. The van der Waals surface area contributed by atoms with Crippen LogP contribution in [0.15, 0.2) is 17.0 Å². The number of aryl methyl sites for hydroxylation is 1. The van der Waals surface area contributed by atoms with E-state index in [1.165, 1.54) is 16.4 Å². The second kappa shape index (κ2) is 6.02. The highest BCUT2D eigenvalue weighted by Crippen LogP contribution is 2.29. The van der Waals surface area contributed by atoms with Crippen LogP contribution < -0.4 is 5.73 Å². The Morgan fingerprint density at radius 1 is 1.33 bits per heavy atom. The third kappa shape index (κ3) is 3.62. The van der Waals surface area contributed by atoms with Gasteiger partial charge in [0.1, 0.15) is 5.82 Å². The maximum absolute atomic E-state index is 13.8. The van der Waals surface area contributed by atoms with E-state index in [0.717, 1.165) is 0 Å². The van der Waals surface area contributed by atoms with E-state index in [0.29, 0.717) is 0 Å². The SMILES string of the molecule is Cc1cc(S(=O)(=O)N(C)C(C)C(C)(C)C)cc(CN)c1F. The van der Waals surface area contributed by atoms with Crippen molar-refractivity contribution in [2.45, 2.75) is 52.1 Å². The first-order valence-electron chi connectivity index (χ1n) is 6.90. The summed E-state index contributed by atoms with van der Waals surface area (Å²) >= 11 is 0. The van der Waals surface area contributed by atoms with Crippen LogP contribution in [0, 0.1) is 18.2 Å². The quantitative estimate of drug-likeness (QED) is 0.929. The lowest BCUT2D eigenvalue weighted by atomic mass is 9.88. The largest absolute Gasteiger partial charge is 0.326 e. The molecule has 0 amide bonds. The summed E-state index contributed by atoms with van der Waals surface area (Å²) in [7, 11) is -2.13. The molecule has 0 heterocycles. The molecule has 0 spiro atoms. The molecule has 4 nitrogen and oxygen atoms in total. The molecule has 1 atom stereocenters. The zero-order chi connectivity index (χ0) is 16.6. The number of nitrogens with two attached hydrogens (primary N) is 1. The Hall–Kier alpha value is -0.980. The fraction of sp³-hybridized carbons (Fsp3) is 0.600. The van der Waals surface area contributed by atoms with Gasteiger partial charge in [-0.15, -0.1) is 0 Å². The Bertz CT molecular complexity index is 621. The standard InChI is InChI=1S/C15H25FN2O2S/c1-10-7-13(8-12(9-17)14(10)16)21(19,20)18(6)11(2)15(3,4)5/h7-8,11H,9,17H2,1-6H3. The van der Waals surface area contributed by atoms with Gasteiger partial charge in [-0.2, -0.15) is 4.31 Å². The molecule has 0 fully saturated rings. The summed E-state index contributed by atoms with van der Waals surface area (Å²) in [5.74, 6) is -0.442. The third-order valence-corrected chi connectivity index (χ3v) is 5.90. The molecule has 1 aromatic rings. The molecule has 2 N–H and O–H groups in total. The molecule has 0 bridgehead atoms. The van der Waals surface area contributed by atoms with Gasteiger partial charge in [0.25, 0.3) is 0 Å². The average Bonchev–Trinajstić information content (AvgIpc) is 2.38. The van der Waals surface area contributed by atoms with Gasteiger partial charge in [0.15, 0.2) is 0 Å². The normalized spacial score (nSPS) is 14.5. The number of nitrogens with zero attached hydrogens (tertiary/aromatic N) is 1. The van der Waals surface area contributed by atoms with Gasteiger partial charge < -0.3 is 5.73 Å². The first-order valence-corrected chi connectivity index (χ1v) is 8.34. The van der Waals surface area contributed by atoms with Crippen molar-refractivity contribution < 1.29 is 12.8 Å². The summed E-state index contributed by atoms with van der Waals surface area (Å²) < 4.78 is 40.6.